The molecule has 0 saturated carbocycles. The van der Waals surface area contributed by atoms with Crippen molar-refractivity contribution in [1.29, 1.82) is 0 Å². The molecule has 0 radical (unpaired) electrons. The van der Waals surface area contributed by atoms with E-state index >= 15 is 0 Å². The van der Waals surface area contributed by atoms with Crippen molar-refractivity contribution < 1.29 is 48.6 Å². The normalized spacial score (nSPS) is 11.3. The fraction of sp³-hybridized carbons (Fsp3) is 0.333. The Balaban J connectivity index is 0. The van der Waals surface area contributed by atoms with E-state index in [1.54, 1.807) is 0 Å². The van der Waals surface area contributed by atoms with Gasteiger partial charge < -0.3 is 9.90 Å². The van der Waals surface area contributed by atoms with E-state index in [9.17, 15) is 19.1 Å². The van der Waals surface area contributed by atoms with Crippen molar-refractivity contribution in [2.75, 3.05) is 0 Å². The van der Waals surface area contributed by atoms with Gasteiger partial charge in [0.25, 0.3) is 0 Å². The van der Waals surface area contributed by atoms with Gasteiger partial charge in [-0.3, -0.25) is 4.79 Å². The monoisotopic (exact) mass is 206 g/mol. The average molecular weight is 207 g/mol. The first-order valence-electron chi connectivity index (χ1n) is 1.60. The molecule has 0 spiro atoms. The third-order valence-electron chi connectivity index (χ3n) is 0.406. The molecule has 3 nitrogen and oxygen atoms in total. The van der Waals surface area contributed by atoms with Gasteiger partial charge >= 0.3 is 35.6 Å². The van der Waals surface area contributed by atoms with Crippen LogP contribution in [-0.4, -0.2) is 16.8 Å². The molecular weight excluding hydrogens is 206 g/mol. The third kappa shape index (κ3) is 5.02. The molecular formula is C3HBrFNaO3. The first-order valence-corrected chi connectivity index (χ1v) is 2.51. The summed E-state index contributed by atoms with van der Waals surface area (Å²) in [5.74, 6) is -1.77. The number of hydrogen-bond donors (Lipinski definition) is 0. The molecule has 46 valence electrons. The fourth-order valence-electron chi connectivity index (χ4n) is 0.0927. The second-order valence-corrected chi connectivity index (χ2v) is 1.90. The first kappa shape index (κ1) is 12.2. The molecule has 0 aromatic carbocycles. The Morgan fingerprint density at radius 2 is 1.89 bits per heavy atom. The Morgan fingerprint density at radius 3 is 1.89 bits per heavy atom. The predicted octanol–water partition coefficient (Wildman–Crippen LogP) is -4.00. The maximum absolute atomic E-state index is 11.2. The summed E-state index contributed by atoms with van der Waals surface area (Å²) in [4.78, 5) is 17.2. The molecule has 0 N–H and O–H groups in total. The van der Waals surface area contributed by atoms with E-state index in [1.807, 2.05) is 0 Å². The predicted molar refractivity (Wildman–Crippen MR) is 23.8 cm³/mol. The molecule has 0 aliphatic heterocycles. The van der Waals surface area contributed by atoms with Crippen molar-refractivity contribution >= 4 is 27.9 Å². The number of rotatable bonds is 2. The zero-order valence-electron chi connectivity index (χ0n) is 4.56. The van der Waals surface area contributed by atoms with Gasteiger partial charge in [-0.1, -0.05) is 15.9 Å². The summed E-state index contributed by atoms with van der Waals surface area (Å²) in [6.45, 7) is 0. The molecule has 0 aromatic heterocycles. The molecule has 0 aliphatic rings. The van der Waals surface area contributed by atoms with Crippen LogP contribution in [0.15, 0.2) is 0 Å². The van der Waals surface area contributed by atoms with Crippen molar-refractivity contribution in [3.8, 4) is 0 Å². The second kappa shape index (κ2) is 5.34. The quantitative estimate of drug-likeness (QED) is 0.200. The van der Waals surface area contributed by atoms with Crippen molar-refractivity contribution in [1.82, 2.24) is 0 Å². The third-order valence-corrected chi connectivity index (χ3v) is 1.14. The number of carboxylic acids is 1. The number of alkyl halides is 1. The van der Waals surface area contributed by atoms with Crippen LogP contribution in [0, 0.1) is 0 Å². The second-order valence-electron chi connectivity index (χ2n) is 0.986. The van der Waals surface area contributed by atoms with Gasteiger partial charge in [0, 0.05) is 0 Å². The summed E-state index contributed by atoms with van der Waals surface area (Å²) in [5.41, 5.74) is 0. The number of carbonyl (C=O) groups is 2. The zero-order valence-corrected chi connectivity index (χ0v) is 8.14. The van der Waals surface area contributed by atoms with Gasteiger partial charge in [-0.25, -0.2) is 0 Å². The van der Waals surface area contributed by atoms with E-state index in [-0.39, 0.29) is 29.6 Å². The number of halogens is 2. The fourth-order valence-corrected chi connectivity index (χ4v) is 0.0927. The maximum Gasteiger partial charge on any atom is 1.00 e. The van der Waals surface area contributed by atoms with Gasteiger partial charge in [0.15, 0.2) is 0 Å². The molecule has 0 amide bonds. The summed E-state index contributed by atoms with van der Waals surface area (Å²) in [7, 11) is 0. The Bertz CT molecular complexity index is 114. The van der Waals surface area contributed by atoms with E-state index in [4.69, 9.17) is 0 Å². The molecule has 6 heteroatoms. The SMILES string of the molecule is O=C([O-])C(Br)C(=O)F.[Na+]. The van der Waals surface area contributed by atoms with E-state index in [0.29, 0.717) is 0 Å². The summed E-state index contributed by atoms with van der Waals surface area (Å²) in [6, 6.07) is -1.95. The van der Waals surface area contributed by atoms with E-state index in [0.717, 1.165) is 0 Å². The van der Waals surface area contributed by atoms with Crippen LogP contribution in [0.1, 0.15) is 0 Å². The van der Waals surface area contributed by atoms with Crippen LogP contribution in [0.5, 0.6) is 0 Å². The number of hydrogen-bond acceptors (Lipinski definition) is 3. The van der Waals surface area contributed by atoms with Gasteiger partial charge in [0.1, 0.15) is 4.83 Å². The van der Waals surface area contributed by atoms with E-state index < -0.39 is 16.8 Å². The molecule has 0 rings (SSSR count). The van der Waals surface area contributed by atoms with Crippen LogP contribution >= 0.6 is 15.9 Å². The van der Waals surface area contributed by atoms with Gasteiger partial charge in [0.2, 0.25) is 0 Å². The van der Waals surface area contributed by atoms with Crippen molar-refractivity contribution in [3.63, 3.8) is 0 Å². The van der Waals surface area contributed by atoms with Crippen LogP contribution < -0.4 is 34.7 Å². The standard InChI is InChI=1S/C3H2BrFO3.Na/c4-1(2(5)6)3(7)8;/h1H,(H,7,8);/q;+1/p-1. The molecule has 0 saturated heterocycles. The minimum absolute atomic E-state index is 0. The smallest absolute Gasteiger partial charge is 0.548 e. The summed E-state index contributed by atoms with van der Waals surface area (Å²) in [5, 5.41) is 9.52. The summed E-state index contributed by atoms with van der Waals surface area (Å²) >= 11 is 2.22. The summed E-state index contributed by atoms with van der Waals surface area (Å²) < 4.78 is 11.2. The Kier molecular flexibility index (Phi) is 7.27. The number of carboxylic acid groups (broad SMARTS) is 1. The average Bonchev–Trinajstić information content (AvgIpc) is 1.64. The van der Waals surface area contributed by atoms with E-state index in [1.165, 1.54) is 0 Å². The topological polar surface area (TPSA) is 57.2 Å². The van der Waals surface area contributed by atoms with Crippen molar-refractivity contribution in [2.24, 2.45) is 0 Å². The Labute approximate surface area is 81.0 Å². The molecule has 0 bridgehead atoms. The van der Waals surface area contributed by atoms with Gasteiger partial charge in [-0.05, 0) is 0 Å². The molecule has 1 unspecified atom stereocenters. The Morgan fingerprint density at radius 1 is 1.56 bits per heavy atom. The van der Waals surface area contributed by atoms with Gasteiger partial charge in [-0.15, -0.1) is 0 Å². The molecule has 0 heterocycles. The molecule has 1 atom stereocenters. The van der Waals surface area contributed by atoms with Crippen LogP contribution in [0.3, 0.4) is 0 Å². The molecule has 0 aliphatic carbocycles. The maximum atomic E-state index is 11.2. The Hall–Kier alpha value is 0.550. The zero-order chi connectivity index (χ0) is 6.73. The molecule has 0 fully saturated rings. The van der Waals surface area contributed by atoms with Crippen LogP contribution in [0.4, 0.5) is 4.39 Å². The van der Waals surface area contributed by atoms with Crippen LogP contribution in [0.25, 0.3) is 0 Å². The minimum Gasteiger partial charge on any atom is -0.548 e. The van der Waals surface area contributed by atoms with E-state index in [2.05, 4.69) is 15.9 Å². The number of aliphatic carboxylic acids is 1. The van der Waals surface area contributed by atoms with Gasteiger partial charge in [0.05, 0.1) is 5.97 Å². The molecule has 9 heavy (non-hydrogen) atoms. The van der Waals surface area contributed by atoms with Crippen molar-refractivity contribution in [2.45, 2.75) is 4.83 Å². The van der Waals surface area contributed by atoms with Crippen LogP contribution in [-0.2, 0) is 9.59 Å². The van der Waals surface area contributed by atoms with Crippen molar-refractivity contribution in [3.05, 3.63) is 0 Å². The number of carbonyl (C=O) groups excluding carboxylic acids is 2. The molecule has 0 aromatic rings. The van der Waals surface area contributed by atoms with Gasteiger partial charge in [-0.2, -0.15) is 4.39 Å². The largest absolute Gasteiger partial charge is 1.00 e. The summed E-state index contributed by atoms with van der Waals surface area (Å²) in [6.07, 6.45) is 0. The first-order chi connectivity index (χ1) is 3.55. The minimum atomic E-state index is -1.95. The van der Waals surface area contributed by atoms with Crippen LogP contribution in [0.2, 0.25) is 0 Å².